The Morgan fingerprint density at radius 3 is 2.54 bits per heavy atom. The van der Waals surface area contributed by atoms with Gasteiger partial charge in [0.15, 0.2) is 0 Å². The van der Waals surface area contributed by atoms with E-state index in [1.807, 2.05) is 12.3 Å². The Balaban J connectivity index is 1.15. The van der Waals surface area contributed by atoms with Crippen LogP contribution in [0.2, 0.25) is 0 Å². The van der Waals surface area contributed by atoms with Crippen LogP contribution < -0.4 is 10.2 Å². The summed E-state index contributed by atoms with van der Waals surface area (Å²) in [6, 6.07) is 17.8. The topological polar surface area (TPSA) is 28.2 Å². The summed E-state index contributed by atoms with van der Waals surface area (Å²) in [5, 5.41) is 3.77. The monoisotopic (exact) mass is 321 g/mol. The Kier molecular flexibility index (Phi) is 4.79. The summed E-state index contributed by atoms with van der Waals surface area (Å²) in [7, 11) is 0. The van der Waals surface area contributed by atoms with E-state index in [0.29, 0.717) is 6.04 Å². The largest absolute Gasteiger partial charge is 0.357 e. The Hall–Kier alpha value is -1.87. The number of rotatable bonds is 6. The number of hydrogen-bond donors (Lipinski definition) is 1. The van der Waals surface area contributed by atoms with E-state index in [4.69, 9.17) is 0 Å². The van der Waals surface area contributed by atoms with E-state index in [2.05, 4.69) is 57.7 Å². The molecule has 1 N–H and O–H groups in total. The summed E-state index contributed by atoms with van der Waals surface area (Å²) in [5.41, 5.74) is 1.50. The van der Waals surface area contributed by atoms with E-state index in [-0.39, 0.29) is 0 Å². The van der Waals surface area contributed by atoms with Gasteiger partial charge < -0.3 is 10.2 Å². The van der Waals surface area contributed by atoms with Crippen molar-refractivity contribution in [3.8, 4) is 0 Å². The molecule has 0 radical (unpaired) electrons. The van der Waals surface area contributed by atoms with Gasteiger partial charge in [-0.25, -0.2) is 4.98 Å². The molecule has 3 nitrogen and oxygen atoms in total. The van der Waals surface area contributed by atoms with Gasteiger partial charge in [-0.1, -0.05) is 36.4 Å². The van der Waals surface area contributed by atoms with Crippen LogP contribution in [0.5, 0.6) is 0 Å². The standard InChI is InChI=1S/C21H27N3/c1-2-6-18(7-3-1)19-16-20(19)22-13-9-17-10-14-24(15-11-17)21-8-4-5-12-23-21/h1-8,12,17,19-20,22H,9-11,13-16H2/t19-,20+/m0/s1. The molecule has 2 aromatic rings. The minimum absolute atomic E-state index is 0.709. The van der Waals surface area contributed by atoms with Crippen LogP contribution in [0.4, 0.5) is 5.82 Å². The Morgan fingerprint density at radius 2 is 1.79 bits per heavy atom. The van der Waals surface area contributed by atoms with Crippen molar-refractivity contribution in [2.24, 2.45) is 5.92 Å². The molecule has 0 spiro atoms. The smallest absolute Gasteiger partial charge is 0.128 e. The number of nitrogens with zero attached hydrogens (tertiary/aromatic N) is 2. The van der Waals surface area contributed by atoms with Gasteiger partial charge in [-0.15, -0.1) is 0 Å². The number of aromatic nitrogens is 1. The third-order valence-electron chi connectivity index (χ3n) is 5.57. The van der Waals surface area contributed by atoms with Crippen LogP contribution in [0.3, 0.4) is 0 Å². The van der Waals surface area contributed by atoms with Crippen molar-refractivity contribution >= 4 is 5.82 Å². The van der Waals surface area contributed by atoms with E-state index >= 15 is 0 Å². The van der Waals surface area contributed by atoms with Gasteiger partial charge in [0.1, 0.15) is 5.82 Å². The molecule has 3 heteroatoms. The van der Waals surface area contributed by atoms with Gasteiger partial charge in [0.2, 0.25) is 0 Å². The predicted octanol–water partition coefficient (Wildman–Crippen LogP) is 3.83. The fraction of sp³-hybridized carbons (Fsp3) is 0.476. The predicted molar refractivity (Wildman–Crippen MR) is 99.4 cm³/mol. The quantitative estimate of drug-likeness (QED) is 0.876. The molecule has 126 valence electrons. The van der Waals surface area contributed by atoms with E-state index in [9.17, 15) is 0 Å². The maximum absolute atomic E-state index is 4.47. The van der Waals surface area contributed by atoms with Crippen LogP contribution >= 0.6 is 0 Å². The summed E-state index contributed by atoms with van der Waals surface area (Å²) in [5.74, 6) is 2.75. The number of anilines is 1. The van der Waals surface area contributed by atoms with E-state index in [0.717, 1.165) is 30.7 Å². The van der Waals surface area contributed by atoms with Crippen molar-refractivity contribution in [2.75, 3.05) is 24.5 Å². The lowest BCUT2D eigenvalue weighted by Gasteiger charge is -2.32. The molecule has 0 unspecified atom stereocenters. The Labute approximate surface area is 145 Å². The van der Waals surface area contributed by atoms with Gasteiger partial charge in [-0.3, -0.25) is 0 Å². The summed E-state index contributed by atoms with van der Waals surface area (Å²) in [6.07, 6.45) is 7.11. The Bertz CT molecular complexity index is 620. The molecular weight excluding hydrogens is 294 g/mol. The molecule has 2 fully saturated rings. The van der Waals surface area contributed by atoms with E-state index in [1.54, 1.807) is 0 Å². The van der Waals surface area contributed by atoms with E-state index in [1.165, 1.54) is 37.8 Å². The molecule has 1 aromatic carbocycles. The lowest BCUT2D eigenvalue weighted by Crippen LogP contribution is -2.35. The average molecular weight is 321 g/mol. The maximum atomic E-state index is 4.47. The van der Waals surface area contributed by atoms with Crippen LogP contribution in [0.25, 0.3) is 0 Å². The molecule has 1 saturated heterocycles. The fourth-order valence-corrected chi connectivity index (χ4v) is 3.95. The van der Waals surface area contributed by atoms with Crippen molar-refractivity contribution in [3.63, 3.8) is 0 Å². The lowest BCUT2D eigenvalue weighted by atomic mass is 9.93. The van der Waals surface area contributed by atoms with Crippen LogP contribution in [0.1, 0.15) is 37.2 Å². The van der Waals surface area contributed by atoms with E-state index < -0.39 is 0 Å². The first-order valence-electron chi connectivity index (χ1n) is 9.34. The molecule has 24 heavy (non-hydrogen) atoms. The zero-order chi connectivity index (χ0) is 16.2. The highest BCUT2D eigenvalue weighted by atomic mass is 15.2. The minimum atomic E-state index is 0.709. The Morgan fingerprint density at radius 1 is 1.00 bits per heavy atom. The van der Waals surface area contributed by atoms with Gasteiger partial charge in [0, 0.05) is 31.2 Å². The first-order chi connectivity index (χ1) is 11.9. The minimum Gasteiger partial charge on any atom is -0.357 e. The second kappa shape index (κ2) is 7.35. The van der Waals surface area contributed by atoms with Crippen LogP contribution in [0.15, 0.2) is 54.7 Å². The lowest BCUT2D eigenvalue weighted by molar-refractivity contribution is 0.372. The van der Waals surface area contributed by atoms with Gasteiger partial charge >= 0.3 is 0 Å². The van der Waals surface area contributed by atoms with Crippen molar-refractivity contribution in [2.45, 2.75) is 37.6 Å². The zero-order valence-electron chi connectivity index (χ0n) is 14.3. The van der Waals surface area contributed by atoms with Crippen molar-refractivity contribution in [1.29, 1.82) is 0 Å². The van der Waals surface area contributed by atoms with Crippen LogP contribution in [-0.4, -0.2) is 30.7 Å². The molecule has 2 atom stereocenters. The second-order valence-electron chi connectivity index (χ2n) is 7.22. The summed E-state index contributed by atoms with van der Waals surface area (Å²) in [4.78, 5) is 6.90. The average Bonchev–Trinajstić information content (AvgIpc) is 3.43. The van der Waals surface area contributed by atoms with Gasteiger partial charge in [0.25, 0.3) is 0 Å². The fourth-order valence-electron chi connectivity index (χ4n) is 3.95. The zero-order valence-corrected chi connectivity index (χ0v) is 14.3. The van der Waals surface area contributed by atoms with Crippen molar-refractivity contribution in [1.82, 2.24) is 10.3 Å². The van der Waals surface area contributed by atoms with Crippen LogP contribution in [-0.2, 0) is 0 Å². The second-order valence-corrected chi connectivity index (χ2v) is 7.22. The summed E-state index contributed by atoms with van der Waals surface area (Å²) in [6.45, 7) is 3.47. The van der Waals surface area contributed by atoms with Gasteiger partial charge in [-0.2, -0.15) is 0 Å². The van der Waals surface area contributed by atoms with Gasteiger partial charge in [-0.05, 0) is 55.8 Å². The summed E-state index contributed by atoms with van der Waals surface area (Å²) >= 11 is 0. The molecule has 0 bridgehead atoms. The number of benzene rings is 1. The van der Waals surface area contributed by atoms with Gasteiger partial charge in [0.05, 0.1) is 0 Å². The normalized spacial score (nSPS) is 24.1. The SMILES string of the molecule is c1ccc([C@@H]2C[C@H]2NCCC2CCN(c3ccccn3)CC2)cc1. The van der Waals surface area contributed by atoms with Crippen LogP contribution in [0, 0.1) is 5.92 Å². The highest BCUT2D eigenvalue weighted by Gasteiger charge is 2.37. The highest BCUT2D eigenvalue weighted by Crippen LogP contribution is 2.40. The number of pyridine rings is 1. The molecule has 4 rings (SSSR count). The molecular formula is C21H27N3. The number of hydrogen-bond acceptors (Lipinski definition) is 3. The first-order valence-corrected chi connectivity index (χ1v) is 9.34. The molecule has 2 aliphatic rings. The number of nitrogens with one attached hydrogen (secondary N) is 1. The molecule has 1 aliphatic carbocycles. The molecule has 1 aliphatic heterocycles. The third-order valence-corrected chi connectivity index (χ3v) is 5.57. The molecule has 2 heterocycles. The number of piperidine rings is 1. The molecule has 1 aromatic heterocycles. The third kappa shape index (κ3) is 3.78. The van der Waals surface area contributed by atoms with Crippen molar-refractivity contribution < 1.29 is 0 Å². The molecule has 0 amide bonds. The maximum Gasteiger partial charge on any atom is 0.128 e. The highest BCUT2D eigenvalue weighted by molar-refractivity contribution is 5.37. The summed E-state index contributed by atoms with van der Waals surface area (Å²) < 4.78 is 0. The molecule has 1 saturated carbocycles. The first kappa shape index (κ1) is 15.6. The van der Waals surface area contributed by atoms with Crippen molar-refractivity contribution in [3.05, 3.63) is 60.3 Å².